The van der Waals surface area contributed by atoms with Gasteiger partial charge < -0.3 is 10.2 Å². The Hall–Kier alpha value is -0.570. The number of nitrogens with one attached hydrogen (secondary N) is 1. The fourth-order valence-corrected chi connectivity index (χ4v) is 3.70. The van der Waals surface area contributed by atoms with Gasteiger partial charge in [-0.2, -0.15) is 0 Å². The maximum atomic E-state index is 12.6. The molecule has 18 heavy (non-hydrogen) atoms. The van der Waals surface area contributed by atoms with Gasteiger partial charge >= 0.3 is 0 Å². The predicted octanol–water partition coefficient (Wildman–Crippen LogP) is 2.56. The molecule has 2 unspecified atom stereocenters. The molecule has 1 aliphatic heterocycles. The SMILES string of the molecule is CCNC1CCCN(C2CCCCC2(C)C)C1=O. The van der Waals surface area contributed by atoms with E-state index in [0.717, 1.165) is 25.9 Å². The smallest absolute Gasteiger partial charge is 0.239 e. The number of piperidine rings is 1. The van der Waals surface area contributed by atoms with Crippen LogP contribution in [0.25, 0.3) is 0 Å². The molecule has 104 valence electrons. The minimum atomic E-state index is 0.0708. The summed E-state index contributed by atoms with van der Waals surface area (Å²) in [5, 5.41) is 3.34. The molecule has 1 saturated heterocycles. The van der Waals surface area contributed by atoms with E-state index in [0.29, 0.717) is 17.4 Å². The van der Waals surface area contributed by atoms with Crippen LogP contribution in [-0.4, -0.2) is 36.0 Å². The first-order valence-corrected chi connectivity index (χ1v) is 7.60. The first-order chi connectivity index (χ1) is 8.56. The van der Waals surface area contributed by atoms with Gasteiger partial charge in [-0.15, -0.1) is 0 Å². The molecule has 2 aliphatic rings. The third-order valence-corrected chi connectivity index (χ3v) is 4.75. The summed E-state index contributed by atoms with van der Waals surface area (Å²) in [5.74, 6) is 0.350. The number of carbonyl (C=O) groups is 1. The summed E-state index contributed by atoms with van der Waals surface area (Å²) in [4.78, 5) is 14.8. The summed E-state index contributed by atoms with van der Waals surface area (Å²) >= 11 is 0. The summed E-state index contributed by atoms with van der Waals surface area (Å²) in [6.07, 6.45) is 7.21. The van der Waals surface area contributed by atoms with E-state index in [1.807, 2.05) is 0 Å². The van der Waals surface area contributed by atoms with Gasteiger partial charge in [-0.3, -0.25) is 4.79 Å². The van der Waals surface area contributed by atoms with Gasteiger partial charge in [0.15, 0.2) is 0 Å². The van der Waals surface area contributed by atoms with E-state index < -0.39 is 0 Å². The van der Waals surface area contributed by atoms with Crippen LogP contribution in [0.1, 0.15) is 59.3 Å². The third-order valence-electron chi connectivity index (χ3n) is 4.75. The van der Waals surface area contributed by atoms with Gasteiger partial charge in [-0.1, -0.05) is 33.6 Å². The monoisotopic (exact) mass is 252 g/mol. The zero-order valence-electron chi connectivity index (χ0n) is 12.2. The van der Waals surface area contributed by atoms with Crippen molar-refractivity contribution in [2.24, 2.45) is 5.41 Å². The Morgan fingerprint density at radius 1 is 1.28 bits per heavy atom. The highest BCUT2D eigenvalue weighted by molar-refractivity contribution is 5.83. The Kier molecular flexibility index (Phi) is 4.31. The highest BCUT2D eigenvalue weighted by atomic mass is 16.2. The molecule has 1 N–H and O–H groups in total. The molecular weight excluding hydrogens is 224 g/mol. The number of hydrogen-bond donors (Lipinski definition) is 1. The number of likely N-dealkylation sites (tertiary alicyclic amines) is 1. The van der Waals surface area contributed by atoms with Crippen LogP contribution >= 0.6 is 0 Å². The van der Waals surface area contributed by atoms with Crippen molar-refractivity contribution < 1.29 is 4.79 Å². The number of nitrogens with zero attached hydrogens (tertiary/aromatic N) is 1. The van der Waals surface area contributed by atoms with Crippen LogP contribution < -0.4 is 5.32 Å². The van der Waals surface area contributed by atoms with Crippen LogP contribution in [0.5, 0.6) is 0 Å². The maximum absolute atomic E-state index is 12.6. The second kappa shape index (κ2) is 5.60. The maximum Gasteiger partial charge on any atom is 0.239 e. The molecule has 2 fully saturated rings. The van der Waals surface area contributed by atoms with Crippen LogP contribution in [0.2, 0.25) is 0 Å². The lowest BCUT2D eigenvalue weighted by Gasteiger charge is -2.48. The highest BCUT2D eigenvalue weighted by Crippen LogP contribution is 2.39. The molecule has 2 rings (SSSR count). The molecule has 1 heterocycles. The van der Waals surface area contributed by atoms with E-state index in [4.69, 9.17) is 0 Å². The van der Waals surface area contributed by atoms with Gasteiger partial charge in [0.25, 0.3) is 0 Å². The van der Waals surface area contributed by atoms with Gasteiger partial charge in [-0.05, 0) is 37.6 Å². The molecule has 3 nitrogen and oxygen atoms in total. The molecule has 0 aromatic carbocycles. The number of likely N-dealkylation sites (N-methyl/N-ethyl adjacent to an activating group) is 1. The number of hydrogen-bond acceptors (Lipinski definition) is 2. The Morgan fingerprint density at radius 2 is 2.06 bits per heavy atom. The molecule has 2 atom stereocenters. The van der Waals surface area contributed by atoms with E-state index in [1.54, 1.807) is 0 Å². The average Bonchev–Trinajstić information content (AvgIpc) is 2.32. The summed E-state index contributed by atoms with van der Waals surface area (Å²) in [7, 11) is 0. The predicted molar refractivity (Wildman–Crippen MR) is 74.4 cm³/mol. The van der Waals surface area contributed by atoms with Crippen LogP contribution in [-0.2, 0) is 4.79 Å². The first-order valence-electron chi connectivity index (χ1n) is 7.60. The molecule has 1 saturated carbocycles. The van der Waals surface area contributed by atoms with Crippen LogP contribution in [0.15, 0.2) is 0 Å². The van der Waals surface area contributed by atoms with Crippen molar-refractivity contribution in [1.82, 2.24) is 10.2 Å². The summed E-state index contributed by atoms with van der Waals surface area (Å²) < 4.78 is 0. The zero-order valence-corrected chi connectivity index (χ0v) is 12.2. The first kappa shape index (κ1) is 13.9. The molecule has 1 amide bonds. The number of carbonyl (C=O) groups excluding carboxylic acids is 1. The second-order valence-electron chi connectivity index (χ2n) is 6.53. The normalized spacial score (nSPS) is 32.6. The van der Waals surface area contributed by atoms with Gasteiger partial charge in [0.1, 0.15) is 0 Å². The van der Waals surface area contributed by atoms with E-state index in [-0.39, 0.29) is 6.04 Å². The minimum Gasteiger partial charge on any atom is -0.338 e. The minimum absolute atomic E-state index is 0.0708. The zero-order chi connectivity index (χ0) is 13.2. The summed E-state index contributed by atoms with van der Waals surface area (Å²) in [5.41, 5.74) is 0.294. The largest absolute Gasteiger partial charge is 0.338 e. The van der Waals surface area contributed by atoms with Crippen molar-refractivity contribution >= 4 is 5.91 Å². The van der Waals surface area contributed by atoms with Gasteiger partial charge in [0.05, 0.1) is 6.04 Å². The summed E-state index contributed by atoms with van der Waals surface area (Å²) in [6.45, 7) is 8.60. The Morgan fingerprint density at radius 3 is 2.72 bits per heavy atom. The van der Waals surface area contributed by atoms with Crippen LogP contribution in [0.3, 0.4) is 0 Å². The van der Waals surface area contributed by atoms with Gasteiger partial charge in [-0.25, -0.2) is 0 Å². The molecule has 0 radical (unpaired) electrons. The van der Waals surface area contributed by atoms with E-state index >= 15 is 0 Å². The fraction of sp³-hybridized carbons (Fsp3) is 0.933. The van der Waals surface area contributed by atoms with E-state index in [2.05, 4.69) is 31.0 Å². The molecule has 0 aromatic rings. The van der Waals surface area contributed by atoms with Crippen molar-refractivity contribution in [2.75, 3.05) is 13.1 Å². The Balaban J connectivity index is 2.08. The van der Waals surface area contributed by atoms with Crippen molar-refractivity contribution in [3.63, 3.8) is 0 Å². The lowest BCUT2D eigenvalue weighted by molar-refractivity contribution is -0.142. The highest BCUT2D eigenvalue weighted by Gasteiger charge is 2.41. The van der Waals surface area contributed by atoms with Gasteiger partial charge in [0.2, 0.25) is 5.91 Å². The number of amides is 1. The average molecular weight is 252 g/mol. The lowest BCUT2D eigenvalue weighted by Crippen LogP contribution is -2.58. The van der Waals surface area contributed by atoms with Crippen molar-refractivity contribution in [3.05, 3.63) is 0 Å². The van der Waals surface area contributed by atoms with Crippen LogP contribution in [0, 0.1) is 5.41 Å². The molecule has 0 spiro atoms. The van der Waals surface area contributed by atoms with Crippen LogP contribution in [0.4, 0.5) is 0 Å². The van der Waals surface area contributed by atoms with E-state index in [1.165, 1.54) is 25.7 Å². The topological polar surface area (TPSA) is 32.3 Å². The van der Waals surface area contributed by atoms with E-state index in [9.17, 15) is 4.79 Å². The second-order valence-corrected chi connectivity index (χ2v) is 6.53. The Bertz CT molecular complexity index is 299. The molecule has 0 bridgehead atoms. The van der Waals surface area contributed by atoms with Gasteiger partial charge in [0, 0.05) is 12.6 Å². The number of rotatable bonds is 3. The molecule has 0 aromatic heterocycles. The summed E-state index contributed by atoms with van der Waals surface area (Å²) in [6, 6.07) is 0.529. The third kappa shape index (κ3) is 2.71. The lowest BCUT2D eigenvalue weighted by atomic mass is 9.72. The standard InChI is InChI=1S/C15H28N2O/c1-4-16-12-8-7-11-17(14(12)18)13-9-5-6-10-15(13,2)3/h12-13,16H,4-11H2,1-3H3. The van der Waals surface area contributed by atoms with Crippen molar-refractivity contribution in [3.8, 4) is 0 Å². The quantitative estimate of drug-likeness (QED) is 0.837. The Labute approximate surface area is 111 Å². The molecule has 3 heteroatoms. The van der Waals surface area contributed by atoms with Crippen molar-refractivity contribution in [1.29, 1.82) is 0 Å². The fourth-order valence-electron chi connectivity index (χ4n) is 3.70. The molecule has 1 aliphatic carbocycles. The molecular formula is C15H28N2O. The van der Waals surface area contributed by atoms with Crippen molar-refractivity contribution in [2.45, 2.75) is 71.4 Å².